The molecular formula is C17H21ClO2. The number of halogens is 1. The molecule has 3 heteroatoms. The van der Waals surface area contributed by atoms with E-state index in [0.717, 1.165) is 23.7 Å². The second kappa shape index (κ2) is 8.07. The Hall–Kier alpha value is -1.33. The zero-order valence-electron chi connectivity index (χ0n) is 12.0. The summed E-state index contributed by atoms with van der Waals surface area (Å²) < 4.78 is 11.2. The maximum Gasteiger partial charge on any atom is 0.135 e. The van der Waals surface area contributed by atoms with Crippen LogP contribution in [0.2, 0.25) is 0 Å². The van der Waals surface area contributed by atoms with Crippen molar-refractivity contribution in [3.05, 3.63) is 23.8 Å². The van der Waals surface area contributed by atoms with Crippen LogP contribution in [0.5, 0.6) is 11.5 Å². The molecule has 1 fully saturated rings. The first kappa shape index (κ1) is 15.1. The van der Waals surface area contributed by atoms with Crippen LogP contribution in [0.25, 0.3) is 0 Å². The molecule has 0 saturated heterocycles. The summed E-state index contributed by atoms with van der Waals surface area (Å²) >= 11 is 5.63. The van der Waals surface area contributed by atoms with Crippen molar-refractivity contribution in [3.8, 4) is 23.3 Å². The van der Waals surface area contributed by atoms with Crippen molar-refractivity contribution in [2.45, 2.75) is 32.1 Å². The van der Waals surface area contributed by atoms with E-state index in [-0.39, 0.29) is 0 Å². The van der Waals surface area contributed by atoms with Crippen molar-refractivity contribution in [2.24, 2.45) is 5.92 Å². The number of ether oxygens (including phenoxy) is 2. The van der Waals surface area contributed by atoms with Crippen LogP contribution in [0.1, 0.15) is 37.7 Å². The van der Waals surface area contributed by atoms with Gasteiger partial charge in [0.25, 0.3) is 0 Å². The van der Waals surface area contributed by atoms with Crippen molar-refractivity contribution >= 4 is 11.6 Å². The summed E-state index contributed by atoms with van der Waals surface area (Å²) in [5.74, 6) is 8.53. The quantitative estimate of drug-likeness (QED) is 0.610. The molecule has 1 aliphatic carbocycles. The Balaban J connectivity index is 2.05. The summed E-state index contributed by atoms with van der Waals surface area (Å²) in [4.78, 5) is 0. The Kier molecular flexibility index (Phi) is 6.08. The molecule has 20 heavy (non-hydrogen) atoms. The fraction of sp³-hybridized carbons (Fsp3) is 0.529. The second-order valence-corrected chi connectivity index (χ2v) is 5.38. The topological polar surface area (TPSA) is 18.5 Å². The minimum absolute atomic E-state index is 0.319. The molecule has 108 valence electrons. The summed E-state index contributed by atoms with van der Waals surface area (Å²) in [6, 6.07) is 5.73. The van der Waals surface area contributed by atoms with Gasteiger partial charge in [-0.1, -0.05) is 31.1 Å². The van der Waals surface area contributed by atoms with Crippen molar-refractivity contribution < 1.29 is 9.47 Å². The molecular weight excluding hydrogens is 272 g/mol. The average molecular weight is 293 g/mol. The molecule has 1 aromatic rings. The molecule has 0 atom stereocenters. The Morgan fingerprint density at radius 1 is 1.25 bits per heavy atom. The first-order valence-electron chi connectivity index (χ1n) is 7.19. The van der Waals surface area contributed by atoms with Crippen molar-refractivity contribution in [1.82, 2.24) is 0 Å². The Labute approximate surface area is 126 Å². The summed E-state index contributed by atoms with van der Waals surface area (Å²) in [7, 11) is 1.65. The molecule has 2 nitrogen and oxygen atoms in total. The first-order chi connectivity index (χ1) is 9.83. The molecule has 1 aromatic carbocycles. The molecule has 0 aromatic heterocycles. The van der Waals surface area contributed by atoms with Gasteiger partial charge in [-0.05, 0) is 37.0 Å². The van der Waals surface area contributed by atoms with Crippen molar-refractivity contribution in [2.75, 3.05) is 19.6 Å². The van der Waals surface area contributed by atoms with Crippen LogP contribution in [0.15, 0.2) is 18.2 Å². The minimum Gasteiger partial charge on any atom is -0.497 e. The lowest BCUT2D eigenvalue weighted by Gasteiger charge is -2.22. The van der Waals surface area contributed by atoms with E-state index < -0.39 is 0 Å². The normalized spacial score (nSPS) is 15.3. The molecule has 0 N–H and O–H groups in total. The molecule has 1 saturated carbocycles. The molecule has 0 heterocycles. The maximum atomic E-state index is 5.97. The Bertz CT molecular complexity index is 481. The lowest BCUT2D eigenvalue weighted by Crippen LogP contribution is -2.15. The summed E-state index contributed by atoms with van der Waals surface area (Å²) in [5.41, 5.74) is 0.848. The number of hydrogen-bond acceptors (Lipinski definition) is 2. The third-order valence-electron chi connectivity index (χ3n) is 3.68. The van der Waals surface area contributed by atoms with Gasteiger partial charge < -0.3 is 9.47 Å². The van der Waals surface area contributed by atoms with E-state index in [1.165, 1.54) is 32.1 Å². The van der Waals surface area contributed by atoms with Gasteiger partial charge in [0, 0.05) is 0 Å². The van der Waals surface area contributed by atoms with E-state index in [9.17, 15) is 0 Å². The number of hydrogen-bond donors (Lipinski definition) is 0. The molecule has 0 spiro atoms. The predicted molar refractivity (Wildman–Crippen MR) is 82.7 cm³/mol. The van der Waals surface area contributed by atoms with Crippen molar-refractivity contribution in [1.29, 1.82) is 0 Å². The van der Waals surface area contributed by atoms with Crippen LogP contribution >= 0.6 is 11.6 Å². The maximum absolute atomic E-state index is 5.97. The van der Waals surface area contributed by atoms with Gasteiger partial charge in [-0.15, -0.1) is 11.6 Å². The fourth-order valence-corrected chi connectivity index (χ4v) is 2.62. The van der Waals surface area contributed by atoms with E-state index >= 15 is 0 Å². The van der Waals surface area contributed by atoms with Crippen LogP contribution in [-0.4, -0.2) is 19.6 Å². The summed E-state index contributed by atoms with van der Waals surface area (Å²) in [6.45, 7) is 0.780. The zero-order valence-corrected chi connectivity index (χ0v) is 12.7. The fourth-order valence-electron chi connectivity index (χ4n) is 2.55. The lowest BCUT2D eigenvalue weighted by atomic mass is 9.90. The van der Waals surface area contributed by atoms with Gasteiger partial charge in [0.2, 0.25) is 0 Å². The molecule has 0 unspecified atom stereocenters. The van der Waals surface area contributed by atoms with Gasteiger partial charge in [-0.2, -0.15) is 0 Å². The van der Waals surface area contributed by atoms with Crippen LogP contribution in [0.4, 0.5) is 0 Å². The van der Waals surface area contributed by atoms with Crippen LogP contribution in [-0.2, 0) is 0 Å². The highest BCUT2D eigenvalue weighted by Crippen LogP contribution is 2.27. The van der Waals surface area contributed by atoms with E-state index in [1.54, 1.807) is 7.11 Å². The summed E-state index contributed by atoms with van der Waals surface area (Å²) in [6.07, 6.45) is 6.58. The monoisotopic (exact) mass is 292 g/mol. The van der Waals surface area contributed by atoms with Gasteiger partial charge in [0.15, 0.2) is 0 Å². The smallest absolute Gasteiger partial charge is 0.135 e. The molecule has 0 radical (unpaired) electrons. The largest absolute Gasteiger partial charge is 0.497 e. The average Bonchev–Trinajstić information content (AvgIpc) is 2.52. The third kappa shape index (κ3) is 4.35. The number of methoxy groups -OCH3 is 1. The number of rotatable bonds is 4. The van der Waals surface area contributed by atoms with Crippen LogP contribution in [0, 0.1) is 17.8 Å². The lowest BCUT2D eigenvalue weighted by molar-refractivity contribution is 0.208. The van der Waals surface area contributed by atoms with Gasteiger partial charge >= 0.3 is 0 Å². The molecule has 0 bridgehead atoms. The van der Waals surface area contributed by atoms with E-state index in [2.05, 4.69) is 11.8 Å². The predicted octanol–water partition coefficient (Wildman–Crippen LogP) is 4.24. The summed E-state index contributed by atoms with van der Waals surface area (Å²) in [5, 5.41) is 0. The van der Waals surface area contributed by atoms with Gasteiger partial charge in [-0.3, -0.25) is 0 Å². The van der Waals surface area contributed by atoms with Gasteiger partial charge in [0.1, 0.15) is 11.5 Å². The van der Waals surface area contributed by atoms with Crippen LogP contribution in [0.3, 0.4) is 0 Å². The first-order valence-corrected chi connectivity index (χ1v) is 7.72. The second-order valence-electron chi connectivity index (χ2n) is 5.11. The Morgan fingerprint density at radius 2 is 2.05 bits per heavy atom. The van der Waals surface area contributed by atoms with E-state index in [0.29, 0.717) is 11.8 Å². The number of alkyl halides is 1. The SMILES string of the molecule is COc1ccc(OCC2CCCCC2)c(C#CCCl)c1. The van der Waals surface area contributed by atoms with E-state index in [4.69, 9.17) is 21.1 Å². The highest BCUT2D eigenvalue weighted by Gasteiger charge is 2.14. The van der Waals surface area contributed by atoms with Crippen LogP contribution < -0.4 is 9.47 Å². The molecule has 2 rings (SSSR count). The highest BCUT2D eigenvalue weighted by molar-refractivity contribution is 6.19. The standard InChI is InChI=1S/C17H21ClO2/c1-19-16-9-10-17(15(12-16)8-5-11-18)20-13-14-6-3-2-4-7-14/h9-10,12,14H,2-4,6-7,11,13H2,1H3. The number of benzene rings is 1. The highest BCUT2D eigenvalue weighted by atomic mass is 35.5. The molecule has 0 amide bonds. The minimum atomic E-state index is 0.319. The van der Waals surface area contributed by atoms with Gasteiger partial charge in [-0.25, -0.2) is 0 Å². The molecule has 0 aliphatic heterocycles. The van der Waals surface area contributed by atoms with Gasteiger partial charge in [0.05, 0.1) is 25.2 Å². The molecule has 1 aliphatic rings. The van der Waals surface area contributed by atoms with E-state index in [1.807, 2.05) is 18.2 Å². The Morgan fingerprint density at radius 3 is 2.75 bits per heavy atom. The zero-order chi connectivity index (χ0) is 14.2. The third-order valence-corrected chi connectivity index (χ3v) is 3.81. The van der Waals surface area contributed by atoms with Crippen molar-refractivity contribution in [3.63, 3.8) is 0 Å².